The molecule has 2 nitrogen and oxygen atoms in total. The summed E-state index contributed by atoms with van der Waals surface area (Å²) < 4.78 is 32.1. The first kappa shape index (κ1) is 18.5. The van der Waals surface area contributed by atoms with E-state index in [1.807, 2.05) is 0 Å². The summed E-state index contributed by atoms with van der Waals surface area (Å²) in [6.45, 7) is 10.6. The third kappa shape index (κ3) is 4.69. The molecule has 0 fully saturated rings. The second kappa shape index (κ2) is 6.67. The first-order chi connectivity index (χ1) is 9.45. The highest BCUT2D eigenvalue weighted by Gasteiger charge is 2.37. The minimum absolute atomic E-state index is 0.0197. The van der Waals surface area contributed by atoms with Crippen molar-refractivity contribution in [2.24, 2.45) is 0 Å². The number of carbonyl (C=O) groups is 1. The Morgan fingerprint density at radius 1 is 1.33 bits per heavy atom. The van der Waals surface area contributed by atoms with Crippen molar-refractivity contribution in [2.45, 2.75) is 51.9 Å². The number of benzene rings is 1. The maximum absolute atomic E-state index is 12.7. The lowest BCUT2D eigenvalue weighted by Gasteiger charge is -2.36. The summed E-state index contributed by atoms with van der Waals surface area (Å²) >= 11 is 3.30. The van der Waals surface area contributed by atoms with Crippen LogP contribution in [0.2, 0.25) is 18.1 Å². The fraction of sp³-hybridized carbons (Fsp3) is 0.533. The first-order valence-corrected chi connectivity index (χ1v) is 10.4. The van der Waals surface area contributed by atoms with Crippen molar-refractivity contribution in [2.75, 3.05) is 0 Å². The third-order valence-electron chi connectivity index (χ3n) is 3.93. The van der Waals surface area contributed by atoms with Crippen LogP contribution in [0.25, 0.3) is 0 Å². The molecule has 6 heteroatoms. The molecule has 1 aromatic rings. The Hall–Kier alpha value is -0.593. The quantitative estimate of drug-likeness (QED) is 0.505. The smallest absolute Gasteiger partial charge is 0.300 e. The van der Waals surface area contributed by atoms with Crippen molar-refractivity contribution < 1.29 is 18.0 Å². The highest BCUT2D eigenvalue weighted by Crippen LogP contribution is 2.37. The Morgan fingerprint density at radius 2 is 1.90 bits per heavy atom. The van der Waals surface area contributed by atoms with Gasteiger partial charge in [0.05, 0.1) is 6.61 Å². The SMILES string of the molecule is CC(C)(C)[Si](C)(C)OCc1cc(Br)ccc1C(=O)C(F)F. The van der Waals surface area contributed by atoms with Gasteiger partial charge in [-0.2, -0.15) is 0 Å². The Balaban J connectivity index is 3.03. The lowest BCUT2D eigenvalue weighted by Crippen LogP contribution is -2.40. The molecule has 0 aliphatic rings. The molecule has 0 atom stereocenters. The van der Waals surface area contributed by atoms with Crippen LogP contribution in [0.3, 0.4) is 0 Å². The molecular weight excluding hydrogens is 358 g/mol. The fourth-order valence-corrected chi connectivity index (χ4v) is 2.87. The molecule has 21 heavy (non-hydrogen) atoms. The molecule has 0 aromatic heterocycles. The maximum atomic E-state index is 12.7. The van der Waals surface area contributed by atoms with Crippen LogP contribution in [0.5, 0.6) is 0 Å². The molecule has 0 spiro atoms. The zero-order valence-corrected chi connectivity index (χ0v) is 15.6. The number of ketones is 1. The Morgan fingerprint density at radius 3 is 2.38 bits per heavy atom. The van der Waals surface area contributed by atoms with E-state index in [0.717, 1.165) is 4.47 Å². The molecule has 1 rings (SSSR count). The molecular formula is C15H21BrF2O2Si. The van der Waals surface area contributed by atoms with E-state index in [1.165, 1.54) is 6.07 Å². The Kier molecular flexibility index (Phi) is 5.86. The van der Waals surface area contributed by atoms with Gasteiger partial charge in [-0.15, -0.1) is 0 Å². The minimum Gasteiger partial charge on any atom is -0.413 e. The largest absolute Gasteiger partial charge is 0.413 e. The molecule has 0 radical (unpaired) electrons. The Bertz CT molecular complexity index is 525. The van der Waals surface area contributed by atoms with Crippen LogP contribution in [0, 0.1) is 0 Å². The average Bonchev–Trinajstić information content (AvgIpc) is 2.34. The Labute approximate surface area is 134 Å². The van der Waals surface area contributed by atoms with Crippen molar-refractivity contribution in [3.05, 3.63) is 33.8 Å². The van der Waals surface area contributed by atoms with Crippen LogP contribution in [-0.2, 0) is 11.0 Å². The summed E-state index contributed by atoms with van der Waals surface area (Å²) in [4.78, 5) is 11.6. The van der Waals surface area contributed by atoms with E-state index < -0.39 is 20.5 Å². The van der Waals surface area contributed by atoms with Crippen LogP contribution in [0.4, 0.5) is 8.78 Å². The summed E-state index contributed by atoms with van der Waals surface area (Å²) in [6.07, 6.45) is -3.00. The predicted molar refractivity (Wildman–Crippen MR) is 86.5 cm³/mol. The molecule has 1 aromatic carbocycles. The standard InChI is InChI=1S/C15H21BrF2O2Si/c1-15(2,3)21(4,5)20-9-10-8-11(16)6-7-12(10)13(19)14(17)18/h6-8,14H,9H2,1-5H3. The summed E-state index contributed by atoms with van der Waals surface area (Å²) in [5.41, 5.74) is 0.534. The number of alkyl halides is 2. The minimum atomic E-state index is -3.00. The van der Waals surface area contributed by atoms with Crippen molar-refractivity contribution in [3.8, 4) is 0 Å². The van der Waals surface area contributed by atoms with E-state index in [0.29, 0.717) is 5.56 Å². The van der Waals surface area contributed by atoms with E-state index in [9.17, 15) is 13.6 Å². The van der Waals surface area contributed by atoms with Gasteiger partial charge in [0.1, 0.15) is 0 Å². The van der Waals surface area contributed by atoms with Crippen LogP contribution < -0.4 is 0 Å². The second-order valence-corrected chi connectivity index (χ2v) is 12.2. The van der Waals surface area contributed by atoms with E-state index in [1.54, 1.807) is 12.1 Å². The summed E-state index contributed by atoms with van der Waals surface area (Å²) in [5.74, 6) is -1.16. The van der Waals surface area contributed by atoms with Gasteiger partial charge in [0.25, 0.3) is 0 Å². The number of hydrogen-bond donors (Lipinski definition) is 0. The molecule has 118 valence electrons. The van der Waals surface area contributed by atoms with E-state index >= 15 is 0 Å². The van der Waals surface area contributed by atoms with Gasteiger partial charge >= 0.3 is 6.43 Å². The number of rotatable bonds is 5. The van der Waals surface area contributed by atoms with Crippen LogP contribution in [0.1, 0.15) is 36.7 Å². The van der Waals surface area contributed by atoms with Gasteiger partial charge < -0.3 is 4.43 Å². The normalized spacial score (nSPS) is 12.8. The van der Waals surface area contributed by atoms with Gasteiger partial charge in [0.2, 0.25) is 5.78 Å². The van der Waals surface area contributed by atoms with Gasteiger partial charge in [0.15, 0.2) is 8.32 Å². The summed E-state index contributed by atoms with van der Waals surface area (Å²) in [7, 11) is -2.00. The molecule has 0 aliphatic carbocycles. The van der Waals surface area contributed by atoms with Gasteiger partial charge in [-0.05, 0) is 41.9 Å². The van der Waals surface area contributed by atoms with Crippen LogP contribution >= 0.6 is 15.9 Å². The summed E-state index contributed by atoms with van der Waals surface area (Å²) in [6, 6.07) is 4.68. The maximum Gasteiger partial charge on any atom is 0.300 e. The van der Waals surface area contributed by atoms with Gasteiger partial charge in [0, 0.05) is 10.0 Å². The third-order valence-corrected chi connectivity index (χ3v) is 8.90. The fourth-order valence-electron chi connectivity index (χ4n) is 1.51. The van der Waals surface area contributed by atoms with Crippen molar-refractivity contribution in [1.82, 2.24) is 0 Å². The number of Topliss-reactive ketones (excluding diaryl/α,β-unsaturated/α-hetero) is 1. The van der Waals surface area contributed by atoms with E-state index in [-0.39, 0.29) is 17.2 Å². The highest BCUT2D eigenvalue weighted by atomic mass is 79.9. The lowest BCUT2D eigenvalue weighted by atomic mass is 10.0. The highest BCUT2D eigenvalue weighted by molar-refractivity contribution is 9.10. The summed E-state index contributed by atoms with van der Waals surface area (Å²) in [5, 5.41) is 0.0197. The molecule has 0 unspecified atom stereocenters. The molecule has 0 N–H and O–H groups in total. The predicted octanol–water partition coefficient (Wildman–Crippen LogP) is 5.42. The molecule has 0 saturated carbocycles. The van der Waals surface area contributed by atoms with Gasteiger partial charge in [-0.3, -0.25) is 4.79 Å². The topological polar surface area (TPSA) is 26.3 Å². The molecule has 0 heterocycles. The number of hydrogen-bond acceptors (Lipinski definition) is 2. The second-order valence-electron chi connectivity index (χ2n) is 6.52. The molecule has 0 amide bonds. The first-order valence-electron chi connectivity index (χ1n) is 6.70. The van der Waals surface area contributed by atoms with Crippen molar-refractivity contribution >= 4 is 30.0 Å². The van der Waals surface area contributed by atoms with Gasteiger partial charge in [-0.25, -0.2) is 8.78 Å². The average molecular weight is 379 g/mol. The van der Waals surface area contributed by atoms with Gasteiger partial charge in [-0.1, -0.05) is 36.7 Å². The van der Waals surface area contributed by atoms with E-state index in [2.05, 4.69) is 49.8 Å². The lowest BCUT2D eigenvalue weighted by molar-refractivity contribution is 0.0676. The number of carbonyl (C=O) groups excluding carboxylic acids is 1. The van der Waals surface area contributed by atoms with Crippen LogP contribution in [0.15, 0.2) is 22.7 Å². The zero-order chi connectivity index (χ0) is 16.4. The van der Waals surface area contributed by atoms with E-state index in [4.69, 9.17) is 4.43 Å². The molecule has 0 aliphatic heterocycles. The number of halogens is 3. The van der Waals surface area contributed by atoms with Crippen LogP contribution in [-0.4, -0.2) is 20.5 Å². The molecule has 0 bridgehead atoms. The zero-order valence-electron chi connectivity index (χ0n) is 13.0. The monoisotopic (exact) mass is 378 g/mol. The molecule has 0 saturated heterocycles. The van der Waals surface area contributed by atoms with Crippen molar-refractivity contribution in [1.29, 1.82) is 0 Å². The van der Waals surface area contributed by atoms with Crippen molar-refractivity contribution in [3.63, 3.8) is 0 Å².